The lowest BCUT2D eigenvalue weighted by Crippen LogP contribution is -2.01. The summed E-state index contributed by atoms with van der Waals surface area (Å²) in [5.74, 6) is 2.60. The van der Waals surface area contributed by atoms with Gasteiger partial charge in [-0.3, -0.25) is 0 Å². The second kappa shape index (κ2) is 5.95. The van der Waals surface area contributed by atoms with Gasteiger partial charge in [0.2, 0.25) is 0 Å². The first kappa shape index (κ1) is 11.4. The van der Waals surface area contributed by atoms with Crippen LogP contribution in [0.25, 0.3) is 0 Å². The van der Waals surface area contributed by atoms with Crippen LogP contribution in [0, 0.1) is 12.3 Å². The van der Waals surface area contributed by atoms with Crippen molar-refractivity contribution >= 4 is 33.2 Å². The zero-order chi connectivity index (χ0) is 10.4. The minimum atomic E-state index is 0.715. The molecule has 1 aromatic carbocycles. The largest absolute Gasteiger partial charge is 0.384 e. The van der Waals surface area contributed by atoms with E-state index < -0.39 is 0 Å². The molecular formula is C11H11BrClN. The van der Waals surface area contributed by atoms with Gasteiger partial charge in [0.05, 0.1) is 9.50 Å². The number of hydrogen-bond donors (Lipinski definition) is 1. The van der Waals surface area contributed by atoms with E-state index in [1.54, 1.807) is 0 Å². The third kappa shape index (κ3) is 3.25. The molecular weight excluding hydrogens is 261 g/mol. The van der Waals surface area contributed by atoms with Crippen molar-refractivity contribution in [2.75, 3.05) is 11.9 Å². The molecule has 1 aromatic rings. The van der Waals surface area contributed by atoms with Gasteiger partial charge in [0.15, 0.2) is 0 Å². The first-order valence-corrected chi connectivity index (χ1v) is 5.54. The molecule has 0 saturated heterocycles. The summed E-state index contributed by atoms with van der Waals surface area (Å²) < 4.78 is 0.905. The molecule has 0 radical (unpaired) electrons. The zero-order valence-corrected chi connectivity index (χ0v) is 10.0. The van der Waals surface area contributed by atoms with Crippen LogP contribution < -0.4 is 5.32 Å². The van der Waals surface area contributed by atoms with Crippen molar-refractivity contribution in [2.45, 2.75) is 12.8 Å². The minimum Gasteiger partial charge on any atom is -0.384 e. The van der Waals surface area contributed by atoms with E-state index in [-0.39, 0.29) is 0 Å². The molecule has 14 heavy (non-hydrogen) atoms. The Balaban J connectivity index is 2.51. The Kier molecular flexibility index (Phi) is 4.86. The third-order valence-corrected chi connectivity index (χ3v) is 3.16. The highest BCUT2D eigenvalue weighted by atomic mass is 79.9. The molecule has 0 amide bonds. The standard InChI is InChI=1S/C11H11BrClN/c1-2-3-4-8-14-10-7-5-6-9(13)11(10)12/h1,5-7,14H,3-4,8H2. The maximum Gasteiger partial charge on any atom is 0.0593 e. The molecule has 1 N–H and O–H groups in total. The van der Waals surface area contributed by atoms with Crippen LogP contribution in [0.4, 0.5) is 5.69 Å². The van der Waals surface area contributed by atoms with Crippen molar-refractivity contribution in [2.24, 2.45) is 0 Å². The molecule has 1 rings (SSSR count). The Labute approximate surface area is 98.0 Å². The average molecular weight is 273 g/mol. The van der Waals surface area contributed by atoms with Gasteiger partial charge >= 0.3 is 0 Å². The number of anilines is 1. The Morgan fingerprint density at radius 2 is 2.29 bits per heavy atom. The Morgan fingerprint density at radius 1 is 1.50 bits per heavy atom. The van der Waals surface area contributed by atoms with Crippen LogP contribution in [0.5, 0.6) is 0 Å². The number of halogens is 2. The number of unbranched alkanes of at least 4 members (excludes halogenated alkanes) is 1. The minimum absolute atomic E-state index is 0.715. The summed E-state index contributed by atoms with van der Waals surface area (Å²) in [6, 6.07) is 5.74. The zero-order valence-electron chi connectivity index (χ0n) is 7.69. The monoisotopic (exact) mass is 271 g/mol. The predicted octanol–water partition coefficient (Wildman–Crippen LogP) is 3.93. The summed E-state index contributed by atoms with van der Waals surface area (Å²) in [6.07, 6.45) is 6.92. The maximum absolute atomic E-state index is 5.93. The lowest BCUT2D eigenvalue weighted by Gasteiger charge is -2.08. The normalized spacial score (nSPS) is 9.50. The Bertz CT molecular complexity index is 344. The van der Waals surface area contributed by atoms with Crippen molar-refractivity contribution < 1.29 is 0 Å². The second-order valence-electron chi connectivity index (χ2n) is 2.84. The molecule has 74 valence electrons. The number of benzene rings is 1. The van der Waals surface area contributed by atoms with Crippen LogP contribution in [0.15, 0.2) is 22.7 Å². The number of nitrogens with one attached hydrogen (secondary N) is 1. The van der Waals surface area contributed by atoms with Crippen LogP contribution in [0.2, 0.25) is 5.02 Å². The van der Waals surface area contributed by atoms with E-state index in [0.29, 0.717) is 5.02 Å². The van der Waals surface area contributed by atoms with Crippen LogP contribution in [-0.2, 0) is 0 Å². The summed E-state index contributed by atoms with van der Waals surface area (Å²) in [7, 11) is 0. The van der Waals surface area contributed by atoms with E-state index in [2.05, 4.69) is 27.2 Å². The molecule has 0 spiro atoms. The van der Waals surface area contributed by atoms with Crippen molar-refractivity contribution in [3.63, 3.8) is 0 Å². The molecule has 0 aliphatic rings. The summed E-state index contributed by atoms with van der Waals surface area (Å²) in [5.41, 5.74) is 1.01. The molecule has 1 nitrogen and oxygen atoms in total. The fourth-order valence-electron chi connectivity index (χ4n) is 1.05. The smallest absolute Gasteiger partial charge is 0.0593 e. The topological polar surface area (TPSA) is 12.0 Å². The first-order valence-electron chi connectivity index (χ1n) is 4.37. The third-order valence-electron chi connectivity index (χ3n) is 1.76. The van der Waals surface area contributed by atoms with E-state index in [1.807, 2.05) is 18.2 Å². The fourth-order valence-corrected chi connectivity index (χ4v) is 1.63. The molecule has 3 heteroatoms. The van der Waals surface area contributed by atoms with E-state index in [9.17, 15) is 0 Å². The van der Waals surface area contributed by atoms with Gasteiger partial charge in [-0.2, -0.15) is 0 Å². The van der Waals surface area contributed by atoms with Gasteiger partial charge in [0.1, 0.15) is 0 Å². The summed E-state index contributed by atoms with van der Waals surface area (Å²) in [5, 5.41) is 3.98. The molecule has 0 saturated carbocycles. The highest BCUT2D eigenvalue weighted by molar-refractivity contribution is 9.10. The maximum atomic E-state index is 5.93. The van der Waals surface area contributed by atoms with Gasteiger partial charge in [-0.25, -0.2) is 0 Å². The quantitative estimate of drug-likeness (QED) is 0.647. The van der Waals surface area contributed by atoms with E-state index >= 15 is 0 Å². The predicted molar refractivity (Wildman–Crippen MR) is 65.7 cm³/mol. The van der Waals surface area contributed by atoms with Crippen molar-refractivity contribution in [3.8, 4) is 12.3 Å². The van der Waals surface area contributed by atoms with Crippen LogP contribution in [0.1, 0.15) is 12.8 Å². The van der Waals surface area contributed by atoms with Gasteiger partial charge in [-0.05, 0) is 34.5 Å². The fraction of sp³-hybridized carbons (Fsp3) is 0.273. The lowest BCUT2D eigenvalue weighted by molar-refractivity contribution is 0.907. The van der Waals surface area contributed by atoms with Crippen LogP contribution in [0.3, 0.4) is 0 Å². The number of terminal acetylenes is 1. The molecule has 0 aliphatic carbocycles. The molecule has 0 heterocycles. The van der Waals surface area contributed by atoms with Crippen LogP contribution >= 0.6 is 27.5 Å². The number of hydrogen-bond acceptors (Lipinski definition) is 1. The van der Waals surface area contributed by atoms with Crippen LogP contribution in [-0.4, -0.2) is 6.54 Å². The SMILES string of the molecule is C#CCCCNc1cccc(Cl)c1Br. The highest BCUT2D eigenvalue weighted by Crippen LogP contribution is 2.29. The Hall–Kier alpha value is -0.650. The highest BCUT2D eigenvalue weighted by Gasteiger charge is 2.01. The molecule has 0 bridgehead atoms. The molecule has 0 aromatic heterocycles. The van der Waals surface area contributed by atoms with Gasteiger partial charge < -0.3 is 5.32 Å². The second-order valence-corrected chi connectivity index (χ2v) is 4.04. The summed E-state index contributed by atoms with van der Waals surface area (Å²) in [4.78, 5) is 0. The van der Waals surface area contributed by atoms with Crippen molar-refractivity contribution in [1.82, 2.24) is 0 Å². The first-order chi connectivity index (χ1) is 6.75. The van der Waals surface area contributed by atoms with Gasteiger partial charge in [-0.15, -0.1) is 12.3 Å². The lowest BCUT2D eigenvalue weighted by atomic mass is 10.3. The van der Waals surface area contributed by atoms with Gasteiger partial charge in [-0.1, -0.05) is 17.7 Å². The van der Waals surface area contributed by atoms with E-state index in [4.69, 9.17) is 18.0 Å². The summed E-state index contributed by atoms with van der Waals surface area (Å²) >= 11 is 9.35. The molecule has 0 atom stereocenters. The van der Waals surface area contributed by atoms with Gasteiger partial charge in [0, 0.05) is 18.7 Å². The van der Waals surface area contributed by atoms with E-state index in [0.717, 1.165) is 29.5 Å². The summed E-state index contributed by atoms with van der Waals surface area (Å²) in [6.45, 7) is 0.864. The molecule has 0 fully saturated rings. The molecule has 0 unspecified atom stereocenters. The van der Waals surface area contributed by atoms with Crippen molar-refractivity contribution in [3.05, 3.63) is 27.7 Å². The van der Waals surface area contributed by atoms with Gasteiger partial charge in [0.25, 0.3) is 0 Å². The molecule has 0 aliphatic heterocycles. The number of rotatable bonds is 4. The Morgan fingerprint density at radius 3 is 3.00 bits per heavy atom. The van der Waals surface area contributed by atoms with E-state index in [1.165, 1.54) is 0 Å². The average Bonchev–Trinajstić information content (AvgIpc) is 2.19. The van der Waals surface area contributed by atoms with Crippen molar-refractivity contribution in [1.29, 1.82) is 0 Å².